The minimum atomic E-state index is 0.426. The summed E-state index contributed by atoms with van der Waals surface area (Å²) < 4.78 is 5.23. The summed E-state index contributed by atoms with van der Waals surface area (Å²) in [5.41, 5.74) is 2.49. The molecule has 2 aliphatic rings. The van der Waals surface area contributed by atoms with Gasteiger partial charge in [0.05, 0.1) is 7.11 Å². The average molecular weight is 265 g/mol. The first-order valence-electron chi connectivity index (χ1n) is 6.42. The summed E-state index contributed by atoms with van der Waals surface area (Å²) in [6, 6.07) is 2.59. The number of nitrogens with zero attached hydrogens (tertiary/aromatic N) is 1. The Morgan fingerprint density at radius 2 is 2.39 bits per heavy atom. The van der Waals surface area contributed by atoms with Crippen molar-refractivity contribution in [3.8, 4) is 5.75 Å². The summed E-state index contributed by atoms with van der Waals surface area (Å²) in [4.78, 5) is 4.19. The molecule has 0 radical (unpaired) electrons. The molecule has 0 saturated carbocycles. The van der Waals surface area contributed by atoms with Crippen LogP contribution < -0.4 is 10.1 Å². The monoisotopic (exact) mass is 264 g/mol. The fourth-order valence-electron chi connectivity index (χ4n) is 2.92. The highest BCUT2D eigenvalue weighted by Gasteiger charge is 2.30. The summed E-state index contributed by atoms with van der Waals surface area (Å²) in [5, 5.41) is 4.02. The van der Waals surface area contributed by atoms with Crippen molar-refractivity contribution in [1.29, 1.82) is 0 Å². The first-order valence-corrected chi connectivity index (χ1v) is 6.79. The van der Waals surface area contributed by atoms with E-state index in [2.05, 4.69) is 16.4 Å². The largest absolute Gasteiger partial charge is 0.494 e. The van der Waals surface area contributed by atoms with E-state index in [1.165, 1.54) is 18.4 Å². The van der Waals surface area contributed by atoms with Crippen molar-refractivity contribution in [2.45, 2.75) is 25.3 Å². The Hall–Kier alpha value is -1.06. The highest BCUT2D eigenvalue weighted by Crippen LogP contribution is 2.37. The molecule has 0 aromatic carbocycles. The molecule has 18 heavy (non-hydrogen) atoms. The van der Waals surface area contributed by atoms with Crippen molar-refractivity contribution in [3.63, 3.8) is 0 Å². The Labute approximate surface area is 112 Å². The van der Waals surface area contributed by atoms with Crippen LogP contribution in [0.15, 0.2) is 18.3 Å². The highest BCUT2D eigenvalue weighted by atomic mass is 35.5. The lowest BCUT2D eigenvalue weighted by molar-refractivity contribution is 0.348. The number of rotatable bonds is 2. The predicted octanol–water partition coefficient (Wildman–Crippen LogP) is 2.90. The van der Waals surface area contributed by atoms with E-state index >= 15 is 0 Å². The molecule has 1 fully saturated rings. The van der Waals surface area contributed by atoms with E-state index in [4.69, 9.17) is 16.3 Å². The van der Waals surface area contributed by atoms with Gasteiger partial charge in [0.1, 0.15) is 0 Å². The molecule has 2 atom stereocenters. The number of hydrogen-bond acceptors (Lipinski definition) is 3. The van der Waals surface area contributed by atoms with Crippen molar-refractivity contribution in [2.75, 3.05) is 13.7 Å². The lowest BCUT2D eigenvalue weighted by Crippen LogP contribution is -2.37. The summed E-state index contributed by atoms with van der Waals surface area (Å²) in [6.07, 6.45) is 7.87. The summed E-state index contributed by atoms with van der Waals surface area (Å²) in [5.74, 6) is 1.33. The molecular weight excluding hydrogens is 248 g/mol. The van der Waals surface area contributed by atoms with E-state index in [0.717, 1.165) is 18.5 Å². The minimum Gasteiger partial charge on any atom is -0.494 e. The molecule has 1 N–H and O–H groups in total. The number of hydrogen-bond donors (Lipinski definition) is 1. The van der Waals surface area contributed by atoms with Crippen LogP contribution in [0.3, 0.4) is 0 Å². The van der Waals surface area contributed by atoms with Crippen LogP contribution in [-0.4, -0.2) is 24.7 Å². The van der Waals surface area contributed by atoms with Crippen LogP contribution in [0.4, 0.5) is 0 Å². The molecule has 96 valence electrons. The van der Waals surface area contributed by atoms with Gasteiger partial charge in [0.15, 0.2) is 10.9 Å². The molecular formula is C14H17ClN2O. The number of ether oxygens (including phenoxy) is 1. The van der Waals surface area contributed by atoms with Gasteiger partial charge in [-0.05, 0) is 48.9 Å². The Morgan fingerprint density at radius 1 is 1.50 bits per heavy atom. The molecule has 0 amide bonds. The van der Waals surface area contributed by atoms with Crippen LogP contribution in [0.5, 0.6) is 5.75 Å². The molecule has 0 unspecified atom stereocenters. The quantitative estimate of drug-likeness (QED) is 0.834. The lowest BCUT2D eigenvalue weighted by atomic mass is 9.94. The second-order valence-electron chi connectivity index (χ2n) is 4.98. The first kappa shape index (κ1) is 12.0. The number of nitrogens with one attached hydrogen (secondary N) is 1. The topological polar surface area (TPSA) is 34.1 Å². The fraction of sp³-hybridized carbons (Fsp3) is 0.500. The van der Waals surface area contributed by atoms with E-state index in [1.54, 1.807) is 7.11 Å². The standard InChI is InChI=1S/C14H17ClN2O/c1-18-13-7-11(8-17-14(13)15)10-5-9-3-2-4-16-12(9)6-10/h5,7-9,12,16H,2-4,6H2,1H3/t9-,12+/m0/s1. The Morgan fingerprint density at radius 3 is 3.17 bits per heavy atom. The number of piperidine rings is 1. The van der Waals surface area contributed by atoms with Gasteiger partial charge in [-0.15, -0.1) is 0 Å². The number of aromatic nitrogens is 1. The van der Waals surface area contributed by atoms with E-state index in [0.29, 0.717) is 22.9 Å². The van der Waals surface area contributed by atoms with Crippen LogP contribution in [0.25, 0.3) is 5.57 Å². The van der Waals surface area contributed by atoms with Crippen LogP contribution in [-0.2, 0) is 0 Å². The van der Waals surface area contributed by atoms with E-state index in [1.807, 2.05) is 12.3 Å². The first-order chi connectivity index (χ1) is 8.78. The van der Waals surface area contributed by atoms with Crippen LogP contribution in [0.2, 0.25) is 5.15 Å². The number of halogens is 1. The number of methoxy groups -OCH3 is 1. The SMILES string of the molecule is COc1cc(C2=C[C@@H]3CCCN[C@@H]3C2)cnc1Cl. The second-order valence-corrected chi connectivity index (χ2v) is 5.34. The molecule has 4 heteroatoms. The summed E-state index contributed by atoms with van der Waals surface area (Å²) in [7, 11) is 1.62. The molecule has 1 aromatic rings. The second kappa shape index (κ2) is 4.90. The van der Waals surface area contributed by atoms with Gasteiger partial charge in [-0.1, -0.05) is 17.7 Å². The molecule has 0 spiro atoms. The van der Waals surface area contributed by atoms with Gasteiger partial charge >= 0.3 is 0 Å². The zero-order valence-corrected chi connectivity index (χ0v) is 11.2. The van der Waals surface area contributed by atoms with E-state index in [-0.39, 0.29) is 0 Å². The normalized spacial score (nSPS) is 26.7. The zero-order chi connectivity index (χ0) is 12.5. The lowest BCUT2D eigenvalue weighted by Gasteiger charge is -2.25. The number of fused-ring (bicyclic) bond motifs is 1. The third-order valence-electron chi connectivity index (χ3n) is 3.89. The molecule has 1 aliphatic heterocycles. The average Bonchev–Trinajstić information content (AvgIpc) is 2.83. The van der Waals surface area contributed by atoms with Crippen LogP contribution in [0.1, 0.15) is 24.8 Å². The molecule has 1 aromatic heterocycles. The predicted molar refractivity (Wildman–Crippen MR) is 72.9 cm³/mol. The van der Waals surface area contributed by atoms with Gasteiger partial charge in [0.25, 0.3) is 0 Å². The van der Waals surface area contributed by atoms with Crippen molar-refractivity contribution in [2.24, 2.45) is 5.92 Å². The molecule has 1 saturated heterocycles. The fourth-order valence-corrected chi connectivity index (χ4v) is 3.11. The van der Waals surface area contributed by atoms with Gasteiger partial charge in [-0.25, -0.2) is 4.98 Å². The molecule has 3 nitrogen and oxygen atoms in total. The van der Waals surface area contributed by atoms with Crippen molar-refractivity contribution in [3.05, 3.63) is 29.1 Å². The van der Waals surface area contributed by atoms with Crippen molar-refractivity contribution >= 4 is 17.2 Å². The molecule has 1 aliphatic carbocycles. The maximum atomic E-state index is 5.96. The third-order valence-corrected chi connectivity index (χ3v) is 4.17. The summed E-state index contributed by atoms with van der Waals surface area (Å²) in [6.45, 7) is 1.14. The van der Waals surface area contributed by atoms with Gasteiger partial charge in [0, 0.05) is 12.2 Å². The Bertz CT molecular complexity index is 487. The van der Waals surface area contributed by atoms with Crippen molar-refractivity contribution in [1.82, 2.24) is 10.3 Å². The van der Waals surface area contributed by atoms with Crippen molar-refractivity contribution < 1.29 is 4.74 Å². The van der Waals surface area contributed by atoms with Gasteiger partial charge < -0.3 is 10.1 Å². The maximum Gasteiger partial charge on any atom is 0.171 e. The van der Waals surface area contributed by atoms with Gasteiger partial charge in [-0.3, -0.25) is 0 Å². The Balaban J connectivity index is 1.87. The third kappa shape index (κ3) is 2.13. The maximum absolute atomic E-state index is 5.96. The zero-order valence-electron chi connectivity index (χ0n) is 10.4. The number of pyridine rings is 1. The van der Waals surface area contributed by atoms with Gasteiger partial charge in [0.2, 0.25) is 0 Å². The molecule has 0 bridgehead atoms. The van der Waals surface area contributed by atoms with Crippen LogP contribution >= 0.6 is 11.6 Å². The van der Waals surface area contributed by atoms with E-state index < -0.39 is 0 Å². The van der Waals surface area contributed by atoms with E-state index in [9.17, 15) is 0 Å². The molecule has 3 rings (SSSR count). The van der Waals surface area contributed by atoms with Crippen LogP contribution in [0, 0.1) is 5.92 Å². The smallest absolute Gasteiger partial charge is 0.171 e. The molecule has 2 heterocycles. The minimum absolute atomic E-state index is 0.426. The highest BCUT2D eigenvalue weighted by molar-refractivity contribution is 6.30. The Kier molecular flexibility index (Phi) is 3.27. The summed E-state index contributed by atoms with van der Waals surface area (Å²) >= 11 is 5.96. The van der Waals surface area contributed by atoms with Gasteiger partial charge in [-0.2, -0.15) is 0 Å².